The molecule has 15 heavy (non-hydrogen) atoms. The van der Waals surface area contributed by atoms with Gasteiger partial charge >= 0.3 is 0 Å². The highest BCUT2D eigenvalue weighted by molar-refractivity contribution is 6.33. The van der Waals surface area contributed by atoms with Gasteiger partial charge in [0.25, 0.3) is 0 Å². The summed E-state index contributed by atoms with van der Waals surface area (Å²) >= 11 is 6.26. The number of methoxy groups -OCH3 is 2. The summed E-state index contributed by atoms with van der Waals surface area (Å²) in [7, 11) is 3.21. The monoisotopic (exact) mass is 228 g/mol. The highest BCUT2D eigenvalue weighted by atomic mass is 35.5. The third-order valence-electron chi connectivity index (χ3n) is 2.66. The van der Waals surface area contributed by atoms with Crippen LogP contribution in [0.15, 0.2) is 12.1 Å². The fraction of sp³-hybridized carbons (Fsp3) is 0.500. The molecular weight excluding hydrogens is 212 g/mol. The molecule has 3 heteroatoms. The van der Waals surface area contributed by atoms with Crippen molar-refractivity contribution in [2.75, 3.05) is 14.2 Å². The first kappa shape index (κ1) is 12.2. The molecule has 1 aromatic carbocycles. The molecule has 84 valence electrons. The number of rotatable bonds is 4. The molecule has 0 aromatic heterocycles. The fourth-order valence-corrected chi connectivity index (χ4v) is 1.92. The van der Waals surface area contributed by atoms with Gasteiger partial charge in [-0.25, -0.2) is 0 Å². The number of hydrogen-bond acceptors (Lipinski definition) is 2. The zero-order valence-electron chi connectivity index (χ0n) is 9.63. The summed E-state index contributed by atoms with van der Waals surface area (Å²) in [6, 6.07) is 3.89. The minimum atomic E-state index is 0.428. The maximum absolute atomic E-state index is 6.26. The Kier molecular flexibility index (Phi) is 4.28. The fourth-order valence-electron chi connectivity index (χ4n) is 1.51. The highest BCUT2D eigenvalue weighted by Gasteiger charge is 2.15. The van der Waals surface area contributed by atoms with Crippen molar-refractivity contribution >= 4 is 11.6 Å². The molecule has 1 atom stereocenters. The molecule has 0 fully saturated rings. The van der Waals surface area contributed by atoms with E-state index in [1.807, 2.05) is 12.1 Å². The third-order valence-corrected chi connectivity index (χ3v) is 3.05. The normalized spacial score (nSPS) is 12.3. The molecule has 0 bridgehead atoms. The lowest BCUT2D eigenvalue weighted by Crippen LogP contribution is -1.97. The van der Waals surface area contributed by atoms with Gasteiger partial charge in [-0.3, -0.25) is 0 Å². The van der Waals surface area contributed by atoms with Crippen molar-refractivity contribution in [2.24, 2.45) is 0 Å². The molecule has 1 unspecified atom stereocenters. The average Bonchev–Trinajstić information content (AvgIpc) is 2.27. The van der Waals surface area contributed by atoms with Crippen LogP contribution in [0, 0.1) is 0 Å². The van der Waals surface area contributed by atoms with E-state index in [0.717, 1.165) is 12.0 Å². The molecule has 0 spiro atoms. The van der Waals surface area contributed by atoms with Crippen molar-refractivity contribution in [3.8, 4) is 11.5 Å². The Balaban J connectivity index is 3.22. The Morgan fingerprint density at radius 2 is 1.93 bits per heavy atom. The van der Waals surface area contributed by atoms with E-state index < -0.39 is 0 Å². The van der Waals surface area contributed by atoms with Gasteiger partial charge in [0.2, 0.25) is 0 Å². The summed E-state index contributed by atoms with van der Waals surface area (Å²) in [6.07, 6.45) is 1.05. The first-order valence-electron chi connectivity index (χ1n) is 5.06. The van der Waals surface area contributed by atoms with E-state index in [2.05, 4.69) is 13.8 Å². The quantitative estimate of drug-likeness (QED) is 0.779. The van der Waals surface area contributed by atoms with Crippen molar-refractivity contribution in [3.05, 3.63) is 22.7 Å². The van der Waals surface area contributed by atoms with Gasteiger partial charge in [-0.05, 0) is 24.0 Å². The smallest absolute Gasteiger partial charge is 0.179 e. The summed E-state index contributed by atoms with van der Waals surface area (Å²) in [4.78, 5) is 0. The molecular formula is C12H17ClO2. The van der Waals surface area contributed by atoms with Gasteiger partial charge in [-0.15, -0.1) is 0 Å². The molecule has 1 aromatic rings. The SMILES string of the molecule is CCC(C)c1ccc(OC)c(OC)c1Cl. The van der Waals surface area contributed by atoms with Crippen LogP contribution in [0.5, 0.6) is 11.5 Å². The van der Waals surface area contributed by atoms with E-state index in [1.165, 1.54) is 0 Å². The summed E-state index contributed by atoms with van der Waals surface area (Å²) < 4.78 is 10.4. The van der Waals surface area contributed by atoms with E-state index in [9.17, 15) is 0 Å². The van der Waals surface area contributed by atoms with Crippen LogP contribution in [0.1, 0.15) is 31.7 Å². The third kappa shape index (κ3) is 2.37. The Morgan fingerprint density at radius 1 is 1.27 bits per heavy atom. The topological polar surface area (TPSA) is 18.5 Å². The van der Waals surface area contributed by atoms with Crippen molar-refractivity contribution < 1.29 is 9.47 Å². The molecule has 0 N–H and O–H groups in total. The molecule has 0 radical (unpaired) electrons. The van der Waals surface area contributed by atoms with Gasteiger partial charge in [0.1, 0.15) is 0 Å². The van der Waals surface area contributed by atoms with E-state index in [1.54, 1.807) is 14.2 Å². The van der Waals surface area contributed by atoms with E-state index in [4.69, 9.17) is 21.1 Å². The maximum Gasteiger partial charge on any atom is 0.179 e. The first-order valence-corrected chi connectivity index (χ1v) is 5.43. The summed E-state index contributed by atoms with van der Waals surface area (Å²) in [5.74, 6) is 1.73. The van der Waals surface area contributed by atoms with Gasteiger partial charge < -0.3 is 9.47 Å². The van der Waals surface area contributed by atoms with Crippen molar-refractivity contribution in [2.45, 2.75) is 26.2 Å². The lowest BCUT2D eigenvalue weighted by Gasteiger charge is -2.16. The standard InChI is InChI=1S/C12H17ClO2/c1-5-8(2)9-6-7-10(14-3)12(15-4)11(9)13/h6-8H,5H2,1-4H3. The Labute approximate surface area is 96.2 Å². The molecule has 0 aliphatic rings. The van der Waals surface area contributed by atoms with Crippen LogP contribution >= 0.6 is 11.6 Å². The Hall–Kier alpha value is -0.890. The van der Waals surface area contributed by atoms with Crippen LogP contribution in [0.3, 0.4) is 0 Å². The van der Waals surface area contributed by atoms with Crippen LogP contribution < -0.4 is 9.47 Å². The molecule has 0 heterocycles. The first-order chi connectivity index (χ1) is 7.15. The lowest BCUT2D eigenvalue weighted by atomic mass is 9.98. The molecule has 0 saturated heterocycles. The average molecular weight is 229 g/mol. The Bertz CT molecular complexity index is 337. The van der Waals surface area contributed by atoms with Crippen LogP contribution in [-0.4, -0.2) is 14.2 Å². The number of halogens is 1. The number of hydrogen-bond donors (Lipinski definition) is 0. The van der Waals surface area contributed by atoms with E-state index >= 15 is 0 Å². The van der Waals surface area contributed by atoms with E-state index in [-0.39, 0.29) is 0 Å². The van der Waals surface area contributed by atoms with Crippen LogP contribution in [0.25, 0.3) is 0 Å². The van der Waals surface area contributed by atoms with Gasteiger partial charge in [0, 0.05) is 0 Å². The number of ether oxygens (including phenoxy) is 2. The Morgan fingerprint density at radius 3 is 2.40 bits per heavy atom. The van der Waals surface area contributed by atoms with Crippen LogP contribution in [-0.2, 0) is 0 Å². The number of benzene rings is 1. The van der Waals surface area contributed by atoms with Crippen LogP contribution in [0.2, 0.25) is 5.02 Å². The molecule has 0 aliphatic carbocycles. The van der Waals surface area contributed by atoms with Crippen LogP contribution in [0.4, 0.5) is 0 Å². The van der Waals surface area contributed by atoms with Crippen molar-refractivity contribution in [1.29, 1.82) is 0 Å². The van der Waals surface area contributed by atoms with Gasteiger partial charge in [0.15, 0.2) is 11.5 Å². The zero-order chi connectivity index (χ0) is 11.4. The summed E-state index contributed by atoms with van der Waals surface area (Å²) in [5, 5.41) is 0.659. The molecule has 0 amide bonds. The van der Waals surface area contributed by atoms with Crippen molar-refractivity contribution in [1.82, 2.24) is 0 Å². The second-order valence-corrected chi connectivity index (χ2v) is 3.89. The molecule has 1 rings (SSSR count). The second-order valence-electron chi connectivity index (χ2n) is 3.51. The zero-order valence-corrected chi connectivity index (χ0v) is 10.4. The molecule has 2 nitrogen and oxygen atoms in total. The lowest BCUT2D eigenvalue weighted by molar-refractivity contribution is 0.354. The van der Waals surface area contributed by atoms with Gasteiger partial charge in [-0.1, -0.05) is 31.5 Å². The van der Waals surface area contributed by atoms with Gasteiger partial charge in [0.05, 0.1) is 19.2 Å². The predicted octanol–water partition coefficient (Wildman–Crippen LogP) is 3.87. The largest absolute Gasteiger partial charge is 0.493 e. The van der Waals surface area contributed by atoms with Gasteiger partial charge in [-0.2, -0.15) is 0 Å². The highest BCUT2D eigenvalue weighted by Crippen LogP contribution is 2.40. The molecule has 0 saturated carbocycles. The molecule has 0 aliphatic heterocycles. The van der Waals surface area contributed by atoms with Crippen molar-refractivity contribution in [3.63, 3.8) is 0 Å². The minimum absolute atomic E-state index is 0.428. The summed E-state index contributed by atoms with van der Waals surface area (Å²) in [6.45, 7) is 4.28. The summed E-state index contributed by atoms with van der Waals surface area (Å²) in [5.41, 5.74) is 1.11. The predicted molar refractivity (Wildman–Crippen MR) is 63.3 cm³/mol. The maximum atomic E-state index is 6.26. The second kappa shape index (κ2) is 5.26. The van der Waals surface area contributed by atoms with E-state index in [0.29, 0.717) is 22.4 Å². The minimum Gasteiger partial charge on any atom is -0.493 e.